The van der Waals surface area contributed by atoms with Gasteiger partial charge in [-0.15, -0.1) is 0 Å². The summed E-state index contributed by atoms with van der Waals surface area (Å²) in [5, 5.41) is 9.50. The molecule has 2 fully saturated rings. The van der Waals surface area contributed by atoms with Crippen LogP contribution < -0.4 is 4.90 Å². The highest BCUT2D eigenvalue weighted by Crippen LogP contribution is 2.35. The third kappa shape index (κ3) is 3.48. The first-order chi connectivity index (χ1) is 11.9. The van der Waals surface area contributed by atoms with Gasteiger partial charge in [0, 0.05) is 32.4 Å². The van der Waals surface area contributed by atoms with Crippen LogP contribution in [-0.2, 0) is 4.79 Å². The highest BCUT2D eigenvalue weighted by atomic mass is 16.4. The number of anilines is 1. The van der Waals surface area contributed by atoms with Crippen LogP contribution in [-0.4, -0.2) is 53.0 Å². The van der Waals surface area contributed by atoms with E-state index in [1.165, 1.54) is 0 Å². The molecule has 2 saturated heterocycles. The van der Waals surface area contributed by atoms with Crippen LogP contribution >= 0.6 is 0 Å². The van der Waals surface area contributed by atoms with Gasteiger partial charge in [0.2, 0.25) is 0 Å². The van der Waals surface area contributed by atoms with Crippen molar-refractivity contribution in [3.05, 3.63) is 23.9 Å². The van der Waals surface area contributed by atoms with Crippen molar-refractivity contribution in [1.82, 2.24) is 9.88 Å². The van der Waals surface area contributed by atoms with Gasteiger partial charge in [0.25, 0.3) is 5.91 Å². The van der Waals surface area contributed by atoms with E-state index in [1.54, 1.807) is 26.1 Å². The zero-order valence-electron chi connectivity index (χ0n) is 15.1. The molecule has 1 amide bonds. The Kier molecular flexibility index (Phi) is 4.97. The minimum Gasteiger partial charge on any atom is -0.481 e. The van der Waals surface area contributed by atoms with Gasteiger partial charge in [0.05, 0.1) is 11.0 Å². The average molecular weight is 345 g/mol. The summed E-state index contributed by atoms with van der Waals surface area (Å²) in [6, 6.07) is 3.64. The summed E-state index contributed by atoms with van der Waals surface area (Å²) in [6.07, 6.45) is 5.67. The second kappa shape index (κ2) is 7.02. The molecule has 1 N–H and O–H groups in total. The number of carbonyl (C=O) groups is 2. The van der Waals surface area contributed by atoms with Crippen molar-refractivity contribution in [2.24, 2.45) is 11.3 Å². The van der Waals surface area contributed by atoms with Crippen molar-refractivity contribution in [3.8, 4) is 0 Å². The Hall–Kier alpha value is -2.11. The zero-order chi connectivity index (χ0) is 18.0. The van der Waals surface area contributed by atoms with E-state index in [-0.39, 0.29) is 11.8 Å². The number of pyridine rings is 1. The molecule has 1 aromatic rings. The third-order valence-electron chi connectivity index (χ3n) is 5.70. The minimum atomic E-state index is -0.828. The van der Waals surface area contributed by atoms with Gasteiger partial charge in [-0.1, -0.05) is 0 Å². The molecule has 0 aliphatic carbocycles. The summed E-state index contributed by atoms with van der Waals surface area (Å²) in [7, 11) is 0. The first-order valence-electron chi connectivity index (χ1n) is 9.14. The largest absolute Gasteiger partial charge is 0.481 e. The van der Waals surface area contributed by atoms with Gasteiger partial charge in [-0.25, -0.2) is 4.98 Å². The molecule has 0 radical (unpaired) electrons. The second-order valence-corrected chi connectivity index (χ2v) is 7.69. The smallest absolute Gasteiger partial charge is 0.309 e. The Bertz CT molecular complexity index is 653. The SMILES string of the molecule is CC(C)(C(=O)O)C1CCCN(C(=O)c2cccnc2N2CCCC2)C1. The Labute approximate surface area is 148 Å². The van der Waals surface area contributed by atoms with Crippen molar-refractivity contribution >= 4 is 17.7 Å². The molecule has 25 heavy (non-hydrogen) atoms. The molecule has 2 aliphatic rings. The molecule has 0 bridgehead atoms. The lowest BCUT2D eigenvalue weighted by Gasteiger charge is -2.39. The van der Waals surface area contributed by atoms with Crippen molar-refractivity contribution in [2.45, 2.75) is 39.5 Å². The lowest BCUT2D eigenvalue weighted by molar-refractivity contribution is -0.151. The Morgan fingerprint density at radius 3 is 2.60 bits per heavy atom. The molecule has 6 heteroatoms. The quantitative estimate of drug-likeness (QED) is 0.908. The summed E-state index contributed by atoms with van der Waals surface area (Å²) in [4.78, 5) is 33.2. The molecule has 2 aliphatic heterocycles. The highest BCUT2D eigenvalue weighted by Gasteiger charge is 2.40. The van der Waals surface area contributed by atoms with Gasteiger partial charge in [0.1, 0.15) is 5.82 Å². The first-order valence-corrected chi connectivity index (χ1v) is 9.14. The Morgan fingerprint density at radius 2 is 1.92 bits per heavy atom. The maximum Gasteiger partial charge on any atom is 0.309 e. The molecule has 1 atom stereocenters. The van der Waals surface area contributed by atoms with Gasteiger partial charge in [-0.05, 0) is 57.6 Å². The number of hydrogen-bond donors (Lipinski definition) is 1. The molecular formula is C19H27N3O3. The third-order valence-corrected chi connectivity index (χ3v) is 5.70. The predicted octanol–water partition coefficient (Wildman–Crippen LogP) is 2.64. The summed E-state index contributed by atoms with van der Waals surface area (Å²) in [6.45, 7) is 6.56. The fourth-order valence-corrected chi connectivity index (χ4v) is 3.84. The monoisotopic (exact) mass is 345 g/mol. The number of aromatic nitrogens is 1. The summed E-state index contributed by atoms with van der Waals surface area (Å²) >= 11 is 0. The Morgan fingerprint density at radius 1 is 1.20 bits per heavy atom. The number of likely N-dealkylation sites (tertiary alicyclic amines) is 1. The molecule has 0 saturated carbocycles. The molecule has 136 valence electrons. The maximum atomic E-state index is 13.1. The number of amides is 1. The van der Waals surface area contributed by atoms with E-state index in [4.69, 9.17) is 0 Å². The van der Waals surface area contributed by atoms with Crippen LogP contribution in [0.5, 0.6) is 0 Å². The van der Waals surface area contributed by atoms with Gasteiger partial charge in [-0.2, -0.15) is 0 Å². The van der Waals surface area contributed by atoms with Crippen LogP contribution in [0.3, 0.4) is 0 Å². The van der Waals surface area contributed by atoms with Crippen LogP contribution in [0.25, 0.3) is 0 Å². The van der Waals surface area contributed by atoms with Gasteiger partial charge >= 0.3 is 5.97 Å². The fraction of sp³-hybridized carbons (Fsp3) is 0.632. The number of carboxylic acid groups (broad SMARTS) is 1. The molecule has 0 spiro atoms. The highest BCUT2D eigenvalue weighted by molar-refractivity contribution is 5.99. The van der Waals surface area contributed by atoms with Crippen LogP contribution in [0.15, 0.2) is 18.3 Å². The zero-order valence-corrected chi connectivity index (χ0v) is 15.1. The maximum absolute atomic E-state index is 13.1. The molecule has 0 aromatic carbocycles. The first kappa shape index (κ1) is 17.7. The van der Waals surface area contributed by atoms with E-state index >= 15 is 0 Å². The summed E-state index contributed by atoms with van der Waals surface area (Å²) < 4.78 is 0. The molecule has 1 unspecified atom stereocenters. The van der Waals surface area contributed by atoms with Crippen molar-refractivity contribution in [3.63, 3.8) is 0 Å². The number of aliphatic carboxylic acids is 1. The van der Waals surface area contributed by atoms with Crippen molar-refractivity contribution in [1.29, 1.82) is 0 Å². The Balaban J connectivity index is 1.80. The number of rotatable bonds is 4. The van der Waals surface area contributed by atoms with Gasteiger partial charge in [0.15, 0.2) is 0 Å². The van der Waals surface area contributed by atoms with Crippen molar-refractivity contribution < 1.29 is 14.7 Å². The van der Waals surface area contributed by atoms with Crippen LogP contribution in [0.1, 0.15) is 49.9 Å². The lowest BCUT2D eigenvalue weighted by Crippen LogP contribution is -2.47. The molecule has 1 aromatic heterocycles. The van der Waals surface area contributed by atoms with E-state index in [9.17, 15) is 14.7 Å². The lowest BCUT2D eigenvalue weighted by atomic mass is 9.74. The van der Waals surface area contributed by atoms with Gasteiger partial charge in [-0.3, -0.25) is 9.59 Å². The summed E-state index contributed by atoms with van der Waals surface area (Å²) in [5.41, 5.74) is -0.191. The topological polar surface area (TPSA) is 73.7 Å². The van der Waals surface area contributed by atoms with E-state index in [0.717, 1.165) is 44.6 Å². The number of nitrogens with zero attached hydrogens (tertiary/aromatic N) is 3. The molecular weight excluding hydrogens is 318 g/mol. The van der Waals surface area contributed by atoms with E-state index in [0.29, 0.717) is 18.7 Å². The van der Waals surface area contributed by atoms with E-state index in [2.05, 4.69) is 9.88 Å². The summed E-state index contributed by atoms with van der Waals surface area (Å²) in [5.74, 6) is -0.0916. The fourth-order valence-electron chi connectivity index (χ4n) is 3.84. The average Bonchev–Trinajstić information content (AvgIpc) is 3.15. The standard InChI is InChI=1S/C19H27N3O3/c1-19(2,18(24)25)14-7-6-12-22(13-14)17(23)15-8-5-9-20-16(15)21-10-3-4-11-21/h5,8-9,14H,3-4,6-7,10-13H2,1-2H3,(H,24,25). The van der Waals surface area contributed by atoms with E-state index in [1.807, 2.05) is 11.0 Å². The van der Waals surface area contributed by atoms with Crippen LogP contribution in [0, 0.1) is 11.3 Å². The number of carbonyl (C=O) groups excluding carboxylic acids is 1. The number of piperidine rings is 1. The second-order valence-electron chi connectivity index (χ2n) is 7.69. The number of carboxylic acids is 1. The normalized spacial score (nSPS) is 21.4. The minimum absolute atomic E-state index is 0.0270. The van der Waals surface area contributed by atoms with Crippen LogP contribution in [0.4, 0.5) is 5.82 Å². The molecule has 3 rings (SSSR count). The molecule has 3 heterocycles. The van der Waals surface area contributed by atoms with Crippen molar-refractivity contribution in [2.75, 3.05) is 31.1 Å². The number of hydrogen-bond acceptors (Lipinski definition) is 4. The molecule has 6 nitrogen and oxygen atoms in total. The van der Waals surface area contributed by atoms with Gasteiger partial charge < -0.3 is 14.9 Å². The van der Waals surface area contributed by atoms with Crippen LogP contribution in [0.2, 0.25) is 0 Å². The predicted molar refractivity (Wildman–Crippen MR) is 95.7 cm³/mol. The van der Waals surface area contributed by atoms with E-state index < -0.39 is 11.4 Å².